The minimum atomic E-state index is -0.117. The fraction of sp³-hybridized carbons (Fsp3) is 0.652. The minimum Gasteiger partial charge on any atom is -0.469 e. The molecule has 1 aromatic rings. The molecule has 1 aromatic carbocycles. The van der Waals surface area contributed by atoms with Crippen LogP contribution in [0.1, 0.15) is 51.0 Å². The van der Waals surface area contributed by atoms with Gasteiger partial charge in [0.1, 0.15) is 0 Å². The zero-order valence-electron chi connectivity index (χ0n) is 18.1. The highest BCUT2D eigenvalue weighted by molar-refractivity contribution is 5.80. The summed E-state index contributed by atoms with van der Waals surface area (Å²) in [6.45, 7) is 7.32. The lowest BCUT2D eigenvalue weighted by Gasteiger charge is -2.21. The Morgan fingerprint density at radius 1 is 1.21 bits per heavy atom. The topological polar surface area (TPSA) is 63.2 Å². The number of likely N-dealkylation sites (tertiary alicyclic amines) is 1. The molecular formula is C23H37N3O3. The molecule has 0 aliphatic carbocycles. The maximum atomic E-state index is 11.1. The standard InChI is InChI=1S/C23H37N3O3/c1-3-24-23(25-15-10-5-4-9-13-22(27)28-2)26-16-14-21(17-26)19-29-18-20-11-7-6-8-12-20/h6-8,11-12,21H,3-5,9-10,13-19H2,1-2H3,(H,24,25). The lowest BCUT2D eigenvalue weighted by atomic mass is 10.1. The van der Waals surface area contributed by atoms with Crippen LogP contribution in [-0.2, 0) is 20.9 Å². The molecule has 0 saturated carbocycles. The summed E-state index contributed by atoms with van der Waals surface area (Å²) in [5.74, 6) is 1.46. The Morgan fingerprint density at radius 2 is 2.00 bits per heavy atom. The number of carbonyl (C=O) groups excluding carboxylic acids is 1. The minimum absolute atomic E-state index is 0.117. The molecule has 6 heteroatoms. The monoisotopic (exact) mass is 403 g/mol. The number of nitrogens with zero attached hydrogens (tertiary/aromatic N) is 2. The first-order valence-electron chi connectivity index (χ1n) is 10.9. The van der Waals surface area contributed by atoms with E-state index in [4.69, 9.17) is 9.73 Å². The summed E-state index contributed by atoms with van der Waals surface area (Å²) in [5, 5.41) is 3.43. The highest BCUT2D eigenvalue weighted by Crippen LogP contribution is 2.17. The smallest absolute Gasteiger partial charge is 0.305 e. The molecule has 1 aliphatic heterocycles. The number of unbranched alkanes of at least 4 members (excludes halogenated alkanes) is 3. The van der Waals surface area contributed by atoms with Crippen LogP contribution in [0.4, 0.5) is 0 Å². The van der Waals surface area contributed by atoms with E-state index in [2.05, 4.69) is 34.0 Å². The number of ether oxygens (including phenoxy) is 2. The molecule has 0 aromatic heterocycles. The van der Waals surface area contributed by atoms with Gasteiger partial charge in [-0.25, -0.2) is 0 Å². The zero-order valence-corrected chi connectivity index (χ0v) is 18.1. The molecule has 29 heavy (non-hydrogen) atoms. The SMILES string of the molecule is CCNC(=NCCCCCCC(=O)OC)N1CCC(COCc2ccccc2)C1. The van der Waals surface area contributed by atoms with Gasteiger partial charge in [-0.1, -0.05) is 43.2 Å². The summed E-state index contributed by atoms with van der Waals surface area (Å²) in [6.07, 6.45) is 5.75. The summed E-state index contributed by atoms with van der Waals surface area (Å²) in [6, 6.07) is 10.3. The second-order valence-corrected chi connectivity index (χ2v) is 7.58. The van der Waals surface area contributed by atoms with Crippen molar-refractivity contribution in [1.82, 2.24) is 10.2 Å². The number of nitrogens with one attached hydrogen (secondary N) is 1. The van der Waals surface area contributed by atoms with Crippen LogP contribution in [0, 0.1) is 5.92 Å². The van der Waals surface area contributed by atoms with Crippen LogP contribution >= 0.6 is 0 Å². The van der Waals surface area contributed by atoms with Gasteiger partial charge in [-0.2, -0.15) is 0 Å². The van der Waals surface area contributed by atoms with Crippen molar-refractivity contribution in [3.05, 3.63) is 35.9 Å². The second-order valence-electron chi connectivity index (χ2n) is 7.58. The summed E-state index contributed by atoms with van der Waals surface area (Å²) in [7, 11) is 1.44. The molecule has 1 atom stereocenters. The Bertz CT molecular complexity index is 607. The largest absolute Gasteiger partial charge is 0.469 e. The molecule has 6 nitrogen and oxygen atoms in total. The number of hydrogen-bond donors (Lipinski definition) is 1. The number of methoxy groups -OCH3 is 1. The Morgan fingerprint density at radius 3 is 2.76 bits per heavy atom. The average molecular weight is 404 g/mol. The van der Waals surface area contributed by atoms with Gasteiger partial charge in [-0.05, 0) is 31.7 Å². The van der Waals surface area contributed by atoms with Gasteiger partial charge in [0, 0.05) is 38.5 Å². The van der Waals surface area contributed by atoms with Crippen LogP contribution in [0.2, 0.25) is 0 Å². The summed E-state index contributed by atoms with van der Waals surface area (Å²) >= 11 is 0. The van der Waals surface area contributed by atoms with E-state index in [1.807, 2.05) is 18.2 Å². The predicted octanol–water partition coefficient (Wildman–Crippen LogP) is 3.61. The van der Waals surface area contributed by atoms with E-state index in [-0.39, 0.29) is 5.97 Å². The molecule has 0 amide bonds. The average Bonchev–Trinajstić information content (AvgIpc) is 3.21. The van der Waals surface area contributed by atoms with Crippen molar-refractivity contribution in [3.63, 3.8) is 0 Å². The Balaban J connectivity index is 1.64. The van der Waals surface area contributed by atoms with Crippen LogP contribution in [-0.4, -0.2) is 56.7 Å². The van der Waals surface area contributed by atoms with E-state index < -0.39 is 0 Å². The number of guanidine groups is 1. The second kappa shape index (κ2) is 14.0. The summed E-state index contributed by atoms with van der Waals surface area (Å²) in [5.41, 5.74) is 1.23. The Hall–Kier alpha value is -2.08. The van der Waals surface area contributed by atoms with E-state index in [1.54, 1.807) is 0 Å². The van der Waals surface area contributed by atoms with Gasteiger partial charge in [-0.3, -0.25) is 9.79 Å². The van der Waals surface area contributed by atoms with E-state index >= 15 is 0 Å². The predicted molar refractivity (Wildman–Crippen MR) is 117 cm³/mol. The molecule has 1 unspecified atom stereocenters. The number of benzene rings is 1. The molecule has 0 bridgehead atoms. The van der Waals surface area contributed by atoms with Gasteiger partial charge in [0.05, 0.1) is 20.3 Å². The number of esters is 1. The first kappa shape index (κ1) is 23.2. The number of carbonyl (C=O) groups is 1. The highest BCUT2D eigenvalue weighted by atomic mass is 16.5. The quantitative estimate of drug-likeness (QED) is 0.250. The highest BCUT2D eigenvalue weighted by Gasteiger charge is 2.24. The normalized spacial score (nSPS) is 16.8. The lowest BCUT2D eigenvalue weighted by molar-refractivity contribution is -0.140. The molecule has 2 rings (SSSR count). The molecule has 0 radical (unpaired) electrons. The molecular weight excluding hydrogens is 366 g/mol. The van der Waals surface area contributed by atoms with Crippen molar-refractivity contribution in [2.45, 2.75) is 52.1 Å². The third kappa shape index (κ3) is 9.31. The lowest BCUT2D eigenvalue weighted by Crippen LogP contribution is -2.40. The van der Waals surface area contributed by atoms with E-state index in [9.17, 15) is 4.79 Å². The van der Waals surface area contributed by atoms with Crippen molar-refractivity contribution in [2.24, 2.45) is 10.9 Å². The third-order valence-corrected chi connectivity index (χ3v) is 5.16. The molecule has 1 saturated heterocycles. The van der Waals surface area contributed by atoms with Crippen LogP contribution < -0.4 is 5.32 Å². The maximum absolute atomic E-state index is 11.1. The van der Waals surface area contributed by atoms with Crippen LogP contribution in [0.5, 0.6) is 0 Å². The number of rotatable bonds is 12. The number of aliphatic imine (C=N–C) groups is 1. The number of hydrogen-bond acceptors (Lipinski definition) is 4. The molecule has 1 fully saturated rings. The van der Waals surface area contributed by atoms with Crippen molar-refractivity contribution < 1.29 is 14.3 Å². The van der Waals surface area contributed by atoms with Gasteiger partial charge < -0.3 is 19.7 Å². The van der Waals surface area contributed by atoms with Crippen molar-refractivity contribution >= 4 is 11.9 Å². The third-order valence-electron chi connectivity index (χ3n) is 5.16. The molecule has 162 valence electrons. The van der Waals surface area contributed by atoms with E-state index in [0.29, 0.717) is 18.9 Å². The van der Waals surface area contributed by atoms with E-state index in [1.165, 1.54) is 12.7 Å². The first-order valence-corrected chi connectivity index (χ1v) is 10.9. The molecule has 1 aliphatic rings. The van der Waals surface area contributed by atoms with Crippen molar-refractivity contribution in [3.8, 4) is 0 Å². The summed E-state index contributed by atoms with van der Waals surface area (Å²) < 4.78 is 10.6. The van der Waals surface area contributed by atoms with Crippen LogP contribution in [0.3, 0.4) is 0 Å². The Labute approximate surface area is 175 Å². The molecule has 1 heterocycles. The van der Waals surface area contributed by atoms with Crippen molar-refractivity contribution in [1.29, 1.82) is 0 Å². The van der Waals surface area contributed by atoms with Crippen LogP contribution in [0.15, 0.2) is 35.3 Å². The van der Waals surface area contributed by atoms with Crippen molar-refractivity contribution in [2.75, 3.05) is 39.9 Å². The molecule has 0 spiro atoms. The van der Waals surface area contributed by atoms with E-state index in [0.717, 1.165) is 70.8 Å². The van der Waals surface area contributed by atoms with Gasteiger partial charge in [-0.15, -0.1) is 0 Å². The fourth-order valence-electron chi connectivity index (χ4n) is 3.53. The molecule has 1 N–H and O–H groups in total. The fourth-order valence-corrected chi connectivity index (χ4v) is 3.53. The zero-order chi connectivity index (χ0) is 20.7. The van der Waals surface area contributed by atoms with Crippen LogP contribution in [0.25, 0.3) is 0 Å². The van der Waals surface area contributed by atoms with Gasteiger partial charge >= 0.3 is 5.97 Å². The Kier molecular flexibility index (Phi) is 11.2. The maximum Gasteiger partial charge on any atom is 0.305 e. The summed E-state index contributed by atoms with van der Waals surface area (Å²) in [4.78, 5) is 18.3. The van der Waals surface area contributed by atoms with Gasteiger partial charge in [0.2, 0.25) is 0 Å². The first-order chi connectivity index (χ1) is 14.2. The van der Waals surface area contributed by atoms with Gasteiger partial charge in [0.15, 0.2) is 5.96 Å². The van der Waals surface area contributed by atoms with Gasteiger partial charge in [0.25, 0.3) is 0 Å².